The van der Waals surface area contributed by atoms with Gasteiger partial charge in [-0.25, -0.2) is 0 Å². The largest absolute Gasteiger partial charge is 0.329 e. The smallest absolute Gasteiger partial charge is 0.0435 e. The van der Waals surface area contributed by atoms with Crippen LogP contribution in [0.3, 0.4) is 0 Å². The normalized spacial score (nSPS) is 13.1. The second-order valence-electron chi connectivity index (χ2n) is 3.79. The minimum atomic E-state index is 0.167. The summed E-state index contributed by atoms with van der Waals surface area (Å²) >= 11 is 5.99. The number of rotatable bonds is 6. The van der Waals surface area contributed by atoms with Gasteiger partial charge in [-0.3, -0.25) is 4.90 Å². The van der Waals surface area contributed by atoms with Gasteiger partial charge in [0.1, 0.15) is 0 Å². The Hall–Kier alpha value is -0.570. The minimum absolute atomic E-state index is 0.167. The van der Waals surface area contributed by atoms with Crippen LogP contribution in [0.1, 0.15) is 12.5 Å². The molecule has 1 atom stereocenters. The van der Waals surface area contributed by atoms with Crippen molar-refractivity contribution in [2.45, 2.75) is 18.8 Å². The molecule has 0 aromatic heterocycles. The van der Waals surface area contributed by atoms with Crippen molar-refractivity contribution in [2.75, 3.05) is 19.6 Å². The molecule has 0 fully saturated rings. The lowest BCUT2D eigenvalue weighted by Crippen LogP contribution is -2.33. The number of halogens is 1. The maximum absolute atomic E-state index is 5.99. The van der Waals surface area contributed by atoms with Gasteiger partial charge < -0.3 is 5.73 Å². The average Bonchev–Trinajstić information content (AvgIpc) is 2.18. The molecular weight excluding hydrogens is 208 g/mol. The van der Waals surface area contributed by atoms with Crippen LogP contribution in [0.25, 0.3) is 0 Å². The van der Waals surface area contributed by atoms with Crippen molar-refractivity contribution < 1.29 is 0 Å². The Morgan fingerprint density at radius 3 is 2.53 bits per heavy atom. The van der Waals surface area contributed by atoms with Crippen LogP contribution < -0.4 is 5.73 Å². The monoisotopic (exact) mass is 226 g/mol. The highest BCUT2D eigenvalue weighted by Crippen LogP contribution is 2.06. The predicted octanol–water partition coefficient (Wildman–Crippen LogP) is 2.07. The van der Waals surface area contributed by atoms with Crippen LogP contribution in [0, 0.1) is 0 Å². The molecule has 84 valence electrons. The number of hydrogen-bond donors (Lipinski definition) is 1. The summed E-state index contributed by atoms with van der Waals surface area (Å²) in [6, 6.07) is 10.4. The van der Waals surface area contributed by atoms with Crippen LogP contribution in [0.4, 0.5) is 0 Å². The molecule has 0 aliphatic rings. The maximum atomic E-state index is 5.99. The molecule has 0 aliphatic heterocycles. The topological polar surface area (TPSA) is 29.3 Å². The molecule has 0 bridgehead atoms. The zero-order valence-electron chi connectivity index (χ0n) is 9.20. The molecule has 0 spiro atoms. The average molecular weight is 227 g/mol. The van der Waals surface area contributed by atoms with Crippen LogP contribution in [0.5, 0.6) is 0 Å². The van der Waals surface area contributed by atoms with Gasteiger partial charge >= 0.3 is 0 Å². The molecule has 3 heteroatoms. The first-order valence-corrected chi connectivity index (χ1v) is 5.76. The molecule has 0 heterocycles. The van der Waals surface area contributed by atoms with E-state index in [1.165, 1.54) is 5.56 Å². The zero-order valence-corrected chi connectivity index (χ0v) is 9.95. The van der Waals surface area contributed by atoms with Crippen molar-refractivity contribution in [1.82, 2.24) is 4.90 Å². The lowest BCUT2D eigenvalue weighted by Gasteiger charge is -2.22. The van der Waals surface area contributed by atoms with Gasteiger partial charge in [0.2, 0.25) is 0 Å². The second-order valence-corrected chi connectivity index (χ2v) is 4.54. The van der Waals surface area contributed by atoms with Crippen LogP contribution in [0.15, 0.2) is 30.3 Å². The molecular formula is C12H19ClN2. The van der Waals surface area contributed by atoms with Crippen molar-refractivity contribution in [2.24, 2.45) is 5.73 Å². The van der Waals surface area contributed by atoms with E-state index in [-0.39, 0.29) is 5.38 Å². The lowest BCUT2D eigenvalue weighted by molar-refractivity contribution is 0.275. The summed E-state index contributed by atoms with van der Waals surface area (Å²) < 4.78 is 0. The first-order valence-electron chi connectivity index (χ1n) is 5.32. The van der Waals surface area contributed by atoms with Gasteiger partial charge in [-0.05, 0) is 12.5 Å². The van der Waals surface area contributed by atoms with Gasteiger partial charge in [-0.2, -0.15) is 0 Å². The van der Waals surface area contributed by atoms with Gasteiger partial charge in [0.15, 0.2) is 0 Å². The van der Waals surface area contributed by atoms with Crippen LogP contribution in [-0.4, -0.2) is 29.9 Å². The fourth-order valence-electron chi connectivity index (χ4n) is 1.61. The van der Waals surface area contributed by atoms with E-state index < -0.39 is 0 Å². The summed E-state index contributed by atoms with van der Waals surface area (Å²) in [6.45, 7) is 5.39. The molecule has 0 amide bonds. The molecule has 0 saturated heterocycles. The third-order valence-electron chi connectivity index (χ3n) is 2.20. The third kappa shape index (κ3) is 5.17. The van der Waals surface area contributed by atoms with E-state index in [1.54, 1.807) is 0 Å². The maximum Gasteiger partial charge on any atom is 0.0435 e. The second kappa shape index (κ2) is 6.83. The molecule has 1 aromatic rings. The van der Waals surface area contributed by atoms with E-state index in [9.17, 15) is 0 Å². The molecule has 1 unspecified atom stereocenters. The van der Waals surface area contributed by atoms with E-state index in [4.69, 9.17) is 17.3 Å². The van der Waals surface area contributed by atoms with E-state index in [2.05, 4.69) is 29.2 Å². The predicted molar refractivity (Wildman–Crippen MR) is 66.1 cm³/mol. The fourth-order valence-corrected chi connectivity index (χ4v) is 1.81. The van der Waals surface area contributed by atoms with Gasteiger partial charge in [0.25, 0.3) is 0 Å². The summed E-state index contributed by atoms with van der Waals surface area (Å²) in [6.07, 6.45) is 0. The highest BCUT2D eigenvalue weighted by molar-refractivity contribution is 6.20. The Morgan fingerprint density at radius 2 is 2.00 bits per heavy atom. The van der Waals surface area contributed by atoms with Crippen LogP contribution in [-0.2, 0) is 6.54 Å². The number of benzene rings is 1. The Kier molecular flexibility index (Phi) is 5.69. The number of nitrogens with zero attached hydrogens (tertiary/aromatic N) is 1. The van der Waals surface area contributed by atoms with Gasteiger partial charge in [0.05, 0.1) is 0 Å². The van der Waals surface area contributed by atoms with E-state index >= 15 is 0 Å². The molecule has 0 radical (unpaired) electrons. The van der Waals surface area contributed by atoms with E-state index in [1.807, 2.05) is 13.0 Å². The molecule has 2 N–H and O–H groups in total. The summed E-state index contributed by atoms with van der Waals surface area (Å²) in [7, 11) is 0. The van der Waals surface area contributed by atoms with Gasteiger partial charge in [0, 0.05) is 31.6 Å². The lowest BCUT2D eigenvalue weighted by atomic mass is 10.2. The zero-order chi connectivity index (χ0) is 11.1. The number of alkyl halides is 1. The molecule has 0 aliphatic carbocycles. The fraction of sp³-hybridized carbons (Fsp3) is 0.500. The van der Waals surface area contributed by atoms with E-state index in [0.29, 0.717) is 6.54 Å². The Bertz CT molecular complexity index is 262. The SMILES string of the molecule is CC(Cl)CN(CCN)Cc1ccccc1. The number of nitrogens with two attached hydrogens (primary N) is 1. The van der Waals surface area contributed by atoms with Crippen LogP contribution >= 0.6 is 11.6 Å². The van der Waals surface area contributed by atoms with Gasteiger partial charge in [-0.1, -0.05) is 30.3 Å². The molecule has 1 rings (SSSR count). The van der Waals surface area contributed by atoms with Crippen molar-refractivity contribution in [1.29, 1.82) is 0 Å². The van der Waals surface area contributed by atoms with Crippen molar-refractivity contribution in [3.8, 4) is 0 Å². The first kappa shape index (κ1) is 12.5. The van der Waals surface area contributed by atoms with Crippen molar-refractivity contribution in [3.63, 3.8) is 0 Å². The van der Waals surface area contributed by atoms with Crippen molar-refractivity contribution >= 4 is 11.6 Å². The number of hydrogen-bond acceptors (Lipinski definition) is 2. The Morgan fingerprint density at radius 1 is 1.33 bits per heavy atom. The minimum Gasteiger partial charge on any atom is -0.329 e. The van der Waals surface area contributed by atoms with Crippen LogP contribution in [0.2, 0.25) is 0 Å². The highest BCUT2D eigenvalue weighted by atomic mass is 35.5. The summed E-state index contributed by atoms with van der Waals surface area (Å²) in [5, 5.41) is 0.167. The standard InChI is InChI=1S/C12H19ClN2/c1-11(13)9-15(8-7-14)10-12-5-3-2-4-6-12/h2-6,11H,7-10,14H2,1H3. The molecule has 0 saturated carbocycles. The third-order valence-corrected chi connectivity index (χ3v) is 2.34. The van der Waals surface area contributed by atoms with E-state index in [0.717, 1.165) is 19.6 Å². The highest BCUT2D eigenvalue weighted by Gasteiger charge is 2.07. The molecule has 15 heavy (non-hydrogen) atoms. The Labute approximate surface area is 97.0 Å². The summed E-state index contributed by atoms with van der Waals surface area (Å²) in [4.78, 5) is 2.28. The quantitative estimate of drug-likeness (QED) is 0.753. The summed E-state index contributed by atoms with van der Waals surface area (Å²) in [5.41, 5.74) is 6.88. The Balaban J connectivity index is 2.50. The first-order chi connectivity index (χ1) is 7.22. The van der Waals surface area contributed by atoms with Crippen molar-refractivity contribution in [3.05, 3.63) is 35.9 Å². The van der Waals surface area contributed by atoms with Gasteiger partial charge in [-0.15, -0.1) is 11.6 Å². The summed E-state index contributed by atoms with van der Waals surface area (Å²) in [5.74, 6) is 0. The molecule has 2 nitrogen and oxygen atoms in total. The molecule has 1 aromatic carbocycles.